The van der Waals surface area contributed by atoms with E-state index in [1.54, 1.807) is 0 Å². The third-order valence-corrected chi connectivity index (χ3v) is 8.76. The van der Waals surface area contributed by atoms with Gasteiger partial charge in [-0.3, -0.25) is 0 Å². The maximum atomic E-state index is 3.77. The molecule has 0 saturated heterocycles. The minimum atomic E-state index is 0.267. The number of rotatable bonds is 2. The van der Waals surface area contributed by atoms with Gasteiger partial charge >= 0.3 is 0 Å². The van der Waals surface area contributed by atoms with Crippen molar-refractivity contribution in [3.8, 4) is 11.1 Å². The van der Waals surface area contributed by atoms with Crippen molar-refractivity contribution in [2.75, 3.05) is 5.32 Å². The van der Waals surface area contributed by atoms with Crippen LogP contribution >= 0.6 is 23.1 Å². The molecule has 0 bridgehead atoms. The Morgan fingerprint density at radius 1 is 0.656 bits per heavy atom. The van der Waals surface area contributed by atoms with Crippen LogP contribution < -0.4 is 5.32 Å². The predicted molar refractivity (Wildman–Crippen MR) is 141 cm³/mol. The van der Waals surface area contributed by atoms with E-state index in [-0.39, 0.29) is 5.37 Å². The monoisotopic (exact) mass is 445 g/mol. The second-order valence-corrected chi connectivity index (χ2v) is 10.4. The van der Waals surface area contributed by atoms with Gasteiger partial charge in [-0.25, -0.2) is 0 Å². The molecule has 0 fully saturated rings. The highest BCUT2D eigenvalue weighted by molar-refractivity contribution is 8.00. The molecule has 1 aliphatic rings. The molecule has 0 saturated carbocycles. The molecule has 1 N–H and O–H groups in total. The van der Waals surface area contributed by atoms with E-state index in [1.165, 1.54) is 58.2 Å². The lowest BCUT2D eigenvalue weighted by atomic mass is 9.99. The van der Waals surface area contributed by atoms with Gasteiger partial charge < -0.3 is 5.32 Å². The Bertz CT molecular complexity index is 1630. The molecule has 0 aliphatic carbocycles. The molecule has 5 aromatic carbocycles. The van der Waals surface area contributed by atoms with Crippen molar-refractivity contribution in [1.29, 1.82) is 0 Å². The fraction of sp³-hybridized carbons (Fsp3) is 0.0345. The largest absolute Gasteiger partial charge is 0.368 e. The molecule has 1 aromatic heterocycles. The van der Waals surface area contributed by atoms with Gasteiger partial charge in [-0.05, 0) is 40.3 Å². The summed E-state index contributed by atoms with van der Waals surface area (Å²) in [5.41, 5.74) is 5.17. The zero-order valence-electron chi connectivity index (χ0n) is 17.2. The first-order chi connectivity index (χ1) is 15.8. The Balaban J connectivity index is 1.34. The van der Waals surface area contributed by atoms with E-state index < -0.39 is 0 Å². The average molecular weight is 446 g/mol. The van der Waals surface area contributed by atoms with Gasteiger partial charge in [0.15, 0.2) is 0 Å². The molecule has 32 heavy (non-hydrogen) atoms. The lowest BCUT2D eigenvalue weighted by Crippen LogP contribution is -2.00. The number of benzene rings is 5. The Morgan fingerprint density at radius 2 is 1.50 bits per heavy atom. The summed E-state index contributed by atoms with van der Waals surface area (Å²) in [6.45, 7) is 0. The summed E-state index contributed by atoms with van der Waals surface area (Å²) in [4.78, 5) is 1.32. The summed E-state index contributed by atoms with van der Waals surface area (Å²) >= 11 is 3.79. The fourth-order valence-electron chi connectivity index (χ4n) is 4.77. The molecule has 7 rings (SSSR count). The van der Waals surface area contributed by atoms with Gasteiger partial charge in [0.05, 0.1) is 5.69 Å². The van der Waals surface area contributed by atoms with Gasteiger partial charge in [0.2, 0.25) is 0 Å². The van der Waals surface area contributed by atoms with Crippen LogP contribution in [0.1, 0.15) is 10.9 Å². The lowest BCUT2D eigenvalue weighted by molar-refractivity contribution is 1.14. The summed E-state index contributed by atoms with van der Waals surface area (Å²) in [5, 5.41) is 9.30. The molecule has 1 nitrogen and oxygen atoms in total. The van der Waals surface area contributed by atoms with Gasteiger partial charge in [-0.2, -0.15) is 0 Å². The van der Waals surface area contributed by atoms with Gasteiger partial charge in [-0.15, -0.1) is 11.3 Å². The lowest BCUT2D eigenvalue weighted by Gasteiger charge is -2.11. The number of fused-ring (bicyclic) bond motifs is 6. The van der Waals surface area contributed by atoms with E-state index in [2.05, 4.69) is 108 Å². The van der Waals surface area contributed by atoms with Gasteiger partial charge in [0.1, 0.15) is 5.37 Å². The quantitative estimate of drug-likeness (QED) is 0.285. The summed E-state index contributed by atoms with van der Waals surface area (Å²) in [7, 11) is 0. The van der Waals surface area contributed by atoms with Crippen LogP contribution in [0.25, 0.3) is 42.1 Å². The van der Waals surface area contributed by atoms with Crippen LogP contribution in [0, 0.1) is 0 Å². The Kier molecular flexibility index (Phi) is 4.08. The predicted octanol–water partition coefficient (Wildman–Crippen LogP) is 9.09. The van der Waals surface area contributed by atoms with Crippen molar-refractivity contribution < 1.29 is 0 Å². The number of hydrogen-bond donors (Lipinski definition) is 1. The number of thioether (sulfide) groups is 1. The van der Waals surface area contributed by atoms with Crippen LogP contribution in [0.15, 0.2) is 108 Å². The van der Waals surface area contributed by atoms with Crippen molar-refractivity contribution in [1.82, 2.24) is 0 Å². The Hall–Kier alpha value is -3.27. The first-order valence-electron chi connectivity index (χ1n) is 10.8. The van der Waals surface area contributed by atoms with Crippen LogP contribution in [0.5, 0.6) is 0 Å². The highest BCUT2D eigenvalue weighted by Crippen LogP contribution is 2.50. The first-order valence-corrected chi connectivity index (χ1v) is 12.5. The summed E-state index contributed by atoms with van der Waals surface area (Å²) in [6.07, 6.45) is 0. The molecule has 6 aromatic rings. The maximum absolute atomic E-state index is 3.77. The summed E-state index contributed by atoms with van der Waals surface area (Å²) < 4.78 is 2.72. The Morgan fingerprint density at radius 3 is 2.44 bits per heavy atom. The van der Waals surface area contributed by atoms with Crippen molar-refractivity contribution in [2.24, 2.45) is 0 Å². The van der Waals surface area contributed by atoms with Gasteiger partial charge in [0.25, 0.3) is 0 Å². The van der Waals surface area contributed by atoms with E-state index in [0.29, 0.717) is 0 Å². The normalized spacial score (nSPS) is 15.3. The van der Waals surface area contributed by atoms with Crippen molar-refractivity contribution in [3.63, 3.8) is 0 Å². The first kappa shape index (κ1) is 18.3. The SMILES string of the molecule is c1ccc(C2Nc3c(ccc4cc(-c5cccc6c5sc5ccccc56)ccc34)S2)cc1. The van der Waals surface area contributed by atoms with Gasteiger partial charge in [0, 0.05) is 30.5 Å². The highest BCUT2D eigenvalue weighted by Gasteiger charge is 2.24. The third-order valence-electron chi connectivity index (χ3n) is 6.32. The van der Waals surface area contributed by atoms with E-state index >= 15 is 0 Å². The maximum Gasteiger partial charge on any atom is 0.103 e. The third kappa shape index (κ3) is 2.78. The summed E-state index contributed by atoms with van der Waals surface area (Å²) in [6, 6.07) is 37.5. The molecular formula is C29H19NS2. The van der Waals surface area contributed by atoms with Crippen molar-refractivity contribution >= 4 is 59.7 Å². The molecule has 152 valence electrons. The molecule has 0 amide bonds. The molecule has 1 unspecified atom stereocenters. The summed E-state index contributed by atoms with van der Waals surface area (Å²) in [5.74, 6) is 0. The highest BCUT2D eigenvalue weighted by atomic mass is 32.2. The number of hydrogen-bond acceptors (Lipinski definition) is 3. The molecule has 0 spiro atoms. The fourth-order valence-corrected chi connectivity index (χ4v) is 7.16. The standard InChI is InChI=1S/C29H19NS2/c1-2-7-18(8-3-1)29-30-27-21-15-13-20(17-19(21)14-16-26(27)32-29)22-10-6-11-24-23-9-4-5-12-25(23)31-28(22)24/h1-17,29-30H. The van der Waals surface area contributed by atoms with Crippen molar-refractivity contribution in [2.45, 2.75) is 10.3 Å². The van der Waals surface area contributed by atoms with Gasteiger partial charge in [-0.1, -0.05) is 96.7 Å². The average Bonchev–Trinajstić information content (AvgIpc) is 3.46. The van der Waals surface area contributed by atoms with Crippen molar-refractivity contribution in [3.05, 3.63) is 109 Å². The smallest absolute Gasteiger partial charge is 0.103 e. The zero-order valence-corrected chi connectivity index (χ0v) is 18.8. The minimum Gasteiger partial charge on any atom is -0.368 e. The van der Waals surface area contributed by atoms with E-state index in [9.17, 15) is 0 Å². The van der Waals surface area contributed by atoms with Crippen LogP contribution in [-0.2, 0) is 0 Å². The molecule has 2 heterocycles. The topological polar surface area (TPSA) is 12.0 Å². The zero-order chi connectivity index (χ0) is 21.1. The second kappa shape index (κ2) is 7.13. The molecule has 1 atom stereocenters. The molecule has 1 aliphatic heterocycles. The van der Waals surface area contributed by atoms with Crippen LogP contribution in [0.3, 0.4) is 0 Å². The minimum absolute atomic E-state index is 0.267. The van der Waals surface area contributed by atoms with E-state index in [0.717, 1.165) is 0 Å². The molecule has 0 radical (unpaired) electrons. The Labute approximate surface area is 194 Å². The molecular weight excluding hydrogens is 426 g/mol. The number of thiophene rings is 1. The van der Waals surface area contributed by atoms with Crippen LogP contribution in [-0.4, -0.2) is 0 Å². The van der Waals surface area contributed by atoms with Crippen LogP contribution in [0.2, 0.25) is 0 Å². The number of anilines is 1. The second-order valence-electron chi connectivity index (χ2n) is 8.21. The van der Waals surface area contributed by atoms with E-state index in [1.807, 2.05) is 23.1 Å². The number of nitrogens with one attached hydrogen (secondary N) is 1. The van der Waals surface area contributed by atoms with Crippen LogP contribution in [0.4, 0.5) is 5.69 Å². The molecule has 3 heteroatoms. The van der Waals surface area contributed by atoms with E-state index in [4.69, 9.17) is 0 Å².